The molecular formula is C17H21NO3. The predicted molar refractivity (Wildman–Crippen MR) is 83.6 cm³/mol. The molecule has 0 aliphatic carbocycles. The van der Waals surface area contributed by atoms with Crippen LogP contribution in [0.3, 0.4) is 0 Å². The molecule has 0 bridgehead atoms. The molecule has 0 aliphatic heterocycles. The number of nitrogens with zero attached hydrogens (tertiary/aromatic N) is 1. The van der Waals surface area contributed by atoms with Gasteiger partial charge in [-0.2, -0.15) is 0 Å². The largest absolute Gasteiger partial charge is 0.492 e. The Hall–Kier alpha value is -2.07. The molecule has 0 unspecified atom stereocenters. The second-order valence-electron chi connectivity index (χ2n) is 4.80. The van der Waals surface area contributed by atoms with Gasteiger partial charge in [-0.3, -0.25) is 9.69 Å². The van der Waals surface area contributed by atoms with Gasteiger partial charge in [-0.25, -0.2) is 0 Å². The van der Waals surface area contributed by atoms with Crippen molar-refractivity contribution in [1.82, 2.24) is 4.90 Å². The first-order valence-corrected chi connectivity index (χ1v) is 7.13. The molecule has 2 aromatic carbocycles. The van der Waals surface area contributed by atoms with E-state index in [9.17, 15) is 4.79 Å². The zero-order valence-electron chi connectivity index (χ0n) is 12.5. The lowest BCUT2D eigenvalue weighted by molar-refractivity contribution is -0.141. The molecule has 0 spiro atoms. The molecule has 0 aromatic heterocycles. The minimum Gasteiger partial charge on any atom is -0.492 e. The Morgan fingerprint density at radius 3 is 2.62 bits per heavy atom. The van der Waals surface area contributed by atoms with Crippen molar-refractivity contribution >= 4 is 16.7 Å². The quantitative estimate of drug-likeness (QED) is 0.734. The van der Waals surface area contributed by atoms with Crippen molar-refractivity contribution < 1.29 is 14.3 Å². The molecule has 4 heteroatoms. The average Bonchev–Trinajstić information content (AvgIpc) is 2.53. The number of hydrogen-bond donors (Lipinski definition) is 0. The molecule has 0 saturated heterocycles. The van der Waals surface area contributed by atoms with Crippen LogP contribution in [-0.4, -0.2) is 44.2 Å². The highest BCUT2D eigenvalue weighted by molar-refractivity contribution is 5.83. The summed E-state index contributed by atoms with van der Waals surface area (Å²) in [6.45, 7) is 4.34. The number of likely N-dealkylation sites (N-methyl/N-ethyl adjacent to an activating group) is 1. The third-order valence-electron chi connectivity index (χ3n) is 3.42. The summed E-state index contributed by atoms with van der Waals surface area (Å²) in [6, 6.07) is 14.2. The van der Waals surface area contributed by atoms with Crippen LogP contribution in [0.5, 0.6) is 5.75 Å². The summed E-state index contributed by atoms with van der Waals surface area (Å²) in [5, 5.41) is 2.36. The van der Waals surface area contributed by atoms with Gasteiger partial charge in [0.1, 0.15) is 12.4 Å². The summed E-state index contributed by atoms with van der Waals surface area (Å²) < 4.78 is 10.4. The Bertz CT molecular complexity index is 597. The van der Waals surface area contributed by atoms with E-state index in [1.165, 1.54) is 12.5 Å². The van der Waals surface area contributed by atoms with Crippen molar-refractivity contribution in [1.29, 1.82) is 0 Å². The smallest absolute Gasteiger partial charge is 0.319 e. The van der Waals surface area contributed by atoms with E-state index in [2.05, 4.69) is 22.9 Å². The van der Waals surface area contributed by atoms with Crippen LogP contribution >= 0.6 is 0 Å². The van der Waals surface area contributed by atoms with Crippen LogP contribution in [-0.2, 0) is 9.53 Å². The second-order valence-corrected chi connectivity index (χ2v) is 4.80. The van der Waals surface area contributed by atoms with Crippen molar-refractivity contribution in [3.05, 3.63) is 42.5 Å². The van der Waals surface area contributed by atoms with Gasteiger partial charge in [0, 0.05) is 6.54 Å². The third kappa shape index (κ3) is 4.46. The maximum absolute atomic E-state index is 11.3. The highest BCUT2D eigenvalue weighted by atomic mass is 16.5. The molecule has 0 N–H and O–H groups in total. The number of carbonyl (C=O) groups is 1. The molecule has 4 nitrogen and oxygen atoms in total. The Kier molecular flexibility index (Phi) is 5.58. The standard InChI is InChI=1S/C17H21NO3/c1-3-18(13-17(19)20-2)10-11-21-16-9-8-14-6-4-5-7-15(14)12-16/h4-9,12H,3,10-11,13H2,1-2H3. The second kappa shape index (κ2) is 7.64. The van der Waals surface area contributed by atoms with Crippen LogP contribution in [0.15, 0.2) is 42.5 Å². The van der Waals surface area contributed by atoms with Gasteiger partial charge in [0.05, 0.1) is 13.7 Å². The van der Waals surface area contributed by atoms with Crippen molar-refractivity contribution in [2.24, 2.45) is 0 Å². The summed E-state index contributed by atoms with van der Waals surface area (Å²) in [6.07, 6.45) is 0. The van der Waals surface area contributed by atoms with E-state index in [1.54, 1.807) is 0 Å². The molecule has 0 heterocycles. The van der Waals surface area contributed by atoms with Gasteiger partial charge in [0.15, 0.2) is 0 Å². The molecule has 0 saturated carbocycles. The zero-order chi connectivity index (χ0) is 15.1. The Morgan fingerprint density at radius 2 is 1.90 bits per heavy atom. The first-order valence-electron chi connectivity index (χ1n) is 7.13. The molecule has 2 rings (SSSR count). The van der Waals surface area contributed by atoms with E-state index in [1.807, 2.05) is 36.1 Å². The van der Waals surface area contributed by atoms with Gasteiger partial charge in [-0.05, 0) is 29.4 Å². The van der Waals surface area contributed by atoms with Crippen LogP contribution in [0, 0.1) is 0 Å². The van der Waals surface area contributed by atoms with E-state index in [4.69, 9.17) is 4.74 Å². The maximum atomic E-state index is 11.3. The number of methoxy groups -OCH3 is 1. The number of benzene rings is 2. The van der Waals surface area contributed by atoms with Crippen molar-refractivity contribution in [2.45, 2.75) is 6.92 Å². The molecule has 2 aromatic rings. The summed E-state index contributed by atoms with van der Waals surface area (Å²) in [5.41, 5.74) is 0. The van der Waals surface area contributed by atoms with Gasteiger partial charge < -0.3 is 9.47 Å². The van der Waals surface area contributed by atoms with Gasteiger partial charge in [0.25, 0.3) is 0 Å². The summed E-state index contributed by atoms with van der Waals surface area (Å²) in [4.78, 5) is 13.2. The molecule has 0 fully saturated rings. The van der Waals surface area contributed by atoms with E-state index in [0.29, 0.717) is 19.7 Å². The first-order chi connectivity index (χ1) is 10.2. The zero-order valence-corrected chi connectivity index (χ0v) is 12.5. The third-order valence-corrected chi connectivity index (χ3v) is 3.42. The molecular weight excluding hydrogens is 266 g/mol. The van der Waals surface area contributed by atoms with Crippen molar-refractivity contribution in [3.63, 3.8) is 0 Å². The number of rotatable bonds is 7. The highest BCUT2D eigenvalue weighted by Gasteiger charge is 2.08. The highest BCUT2D eigenvalue weighted by Crippen LogP contribution is 2.20. The lowest BCUT2D eigenvalue weighted by Gasteiger charge is -2.19. The fourth-order valence-corrected chi connectivity index (χ4v) is 2.15. The summed E-state index contributed by atoms with van der Waals surface area (Å²) >= 11 is 0. The lowest BCUT2D eigenvalue weighted by Crippen LogP contribution is -2.33. The van der Waals surface area contributed by atoms with Gasteiger partial charge in [0.2, 0.25) is 0 Å². The fourth-order valence-electron chi connectivity index (χ4n) is 2.15. The molecule has 21 heavy (non-hydrogen) atoms. The van der Waals surface area contributed by atoms with Crippen molar-refractivity contribution in [2.75, 3.05) is 33.4 Å². The molecule has 0 aliphatic rings. The van der Waals surface area contributed by atoms with Gasteiger partial charge in [-0.1, -0.05) is 37.3 Å². The van der Waals surface area contributed by atoms with E-state index in [-0.39, 0.29) is 5.97 Å². The fraction of sp³-hybridized carbons (Fsp3) is 0.353. The number of carbonyl (C=O) groups excluding carboxylic acids is 1. The van der Waals surface area contributed by atoms with Gasteiger partial charge >= 0.3 is 5.97 Å². The summed E-state index contributed by atoms with van der Waals surface area (Å²) in [5.74, 6) is 0.630. The molecule has 0 atom stereocenters. The number of hydrogen-bond acceptors (Lipinski definition) is 4. The normalized spacial score (nSPS) is 10.8. The van der Waals surface area contributed by atoms with E-state index >= 15 is 0 Å². The molecule has 112 valence electrons. The Labute approximate surface area is 125 Å². The minimum atomic E-state index is -0.220. The Morgan fingerprint density at radius 1 is 1.14 bits per heavy atom. The van der Waals surface area contributed by atoms with Crippen LogP contribution in [0.2, 0.25) is 0 Å². The number of fused-ring (bicyclic) bond motifs is 1. The van der Waals surface area contributed by atoms with Gasteiger partial charge in [-0.15, -0.1) is 0 Å². The molecule has 0 radical (unpaired) electrons. The average molecular weight is 287 g/mol. The number of esters is 1. The summed E-state index contributed by atoms with van der Waals surface area (Å²) in [7, 11) is 1.40. The van der Waals surface area contributed by atoms with E-state index < -0.39 is 0 Å². The number of ether oxygens (including phenoxy) is 2. The molecule has 0 amide bonds. The van der Waals surface area contributed by atoms with Crippen LogP contribution in [0.25, 0.3) is 10.8 Å². The topological polar surface area (TPSA) is 38.8 Å². The first kappa shape index (κ1) is 15.3. The SMILES string of the molecule is CCN(CCOc1ccc2ccccc2c1)CC(=O)OC. The van der Waals surface area contributed by atoms with Crippen molar-refractivity contribution in [3.8, 4) is 5.75 Å². The van der Waals surface area contributed by atoms with Crippen LogP contribution in [0.1, 0.15) is 6.92 Å². The Balaban J connectivity index is 1.87. The maximum Gasteiger partial charge on any atom is 0.319 e. The lowest BCUT2D eigenvalue weighted by atomic mass is 10.1. The van der Waals surface area contributed by atoms with E-state index in [0.717, 1.165) is 17.7 Å². The van der Waals surface area contributed by atoms with Crippen LogP contribution < -0.4 is 4.74 Å². The monoisotopic (exact) mass is 287 g/mol. The van der Waals surface area contributed by atoms with Crippen LogP contribution in [0.4, 0.5) is 0 Å². The minimum absolute atomic E-state index is 0.220. The predicted octanol–water partition coefficient (Wildman–Crippen LogP) is 2.71.